The molecule has 1 aliphatic rings. The van der Waals surface area contributed by atoms with Gasteiger partial charge < -0.3 is 26.4 Å². The third kappa shape index (κ3) is 4.85. The summed E-state index contributed by atoms with van der Waals surface area (Å²) >= 11 is 0. The molecule has 0 saturated heterocycles. The summed E-state index contributed by atoms with van der Waals surface area (Å²) < 4.78 is 5.22. The van der Waals surface area contributed by atoms with Crippen molar-refractivity contribution in [2.45, 2.75) is 37.7 Å². The van der Waals surface area contributed by atoms with Crippen LogP contribution in [0.5, 0.6) is 11.5 Å². The van der Waals surface area contributed by atoms with E-state index in [1.165, 1.54) is 19.2 Å². The fourth-order valence-electron chi connectivity index (χ4n) is 3.22. The number of nitrogens with two attached hydrogens (primary N) is 2. The number of phenolic OH excluding ortho intramolecular Hbond substituents is 1. The van der Waals surface area contributed by atoms with Gasteiger partial charge in [0.25, 0.3) is 0 Å². The molecule has 0 heterocycles. The second-order valence-electron chi connectivity index (χ2n) is 6.45. The molecule has 2 aromatic rings. The number of carbonyl (C=O) groups is 1. The first-order valence-electron chi connectivity index (χ1n) is 9.02. The van der Waals surface area contributed by atoms with Crippen LogP contribution in [-0.2, 0) is 0 Å². The zero-order valence-electron chi connectivity index (χ0n) is 15.7. The van der Waals surface area contributed by atoms with Gasteiger partial charge in [0.1, 0.15) is 11.4 Å². The van der Waals surface area contributed by atoms with Gasteiger partial charge in [-0.15, -0.1) is 4.91 Å². The van der Waals surface area contributed by atoms with Crippen LogP contribution in [0.4, 0.5) is 11.4 Å². The number of esters is 1. The van der Waals surface area contributed by atoms with Gasteiger partial charge >= 0.3 is 5.97 Å². The van der Waals surface area contributed by atoms with Gasteiger partial charge in [0.2, 0.25) is 0 Å². The van der Waals surface area contributed by atoms with E-state index < -0.39 is 5.97 Å². The van der Waals surface area contributed by atoms with E-state index in [1.807, 2.05) is 12.1 Å². The molecule has 0 spiro atoms. The first-order valence-corrected chi connectivity index (χ1v) is 9.02. The van der Waals surface area contributed by atoms with Gasteiger partial charge in [0.05, 0.1) is 11.7 Å². The van der Waals surface area contributed by atoms with Crippen LogP contribution < -0.4 is 16.2 Å². The molecule has 0 atom stereocenters. The molecular formula is C20H25N3O5. The van der Waals surface area contributed by atoms with E-state index in [1.54, 1.807) is 12.1 Å². The van der Waals surface area contributed by atoms with Gasteiger partial charge in [-0.2, -0.15) is 0 Å². The third-order valence-corrected chi connectivity index (χ3v) is 4.76. The number of hydrogen-bond donors (Lipinski definition) is 4. The van der Waals surface area contributed by atoms with Crippen molar-refractivity contribution in [1.29, 1.82) is 0 Å². The third-order valence-electron chi connectivity index (χ3n) is 4.76. The number of aliphatic hydroxyl groups excluding tert-OH is 1. The summed E-state index contributed by atoms with van der Waals surface area (Å²) in [6, 6.07) is 9.63. The summed E-state index contributed by atoms with van der Waals surface area (Å²) in [5.41, 5.74) is 11.1. The van der Waals surface area contributed by atoms with Crippen LogP contribution in [0.3, 0.4) is 0 Å². The number of carbonyl (C=O) groups excluding carboxylic acids is 1. The first kappa shape index (κ1) is 21.3. The van der Waals surface area contributed by atoms with Crippen LogP contribution in [-0.4, -0.2) is 29.3 Å². The number of aromatic hydroxyl groups is 1. The number of nitrogens with zero attached hydrogens (tertiary/aromatic N) is 1. The number of benzene rings is 2. The van der Waals surface area contributed by atoms with Crippen molar-refractivity contribution in [3.63, 3.8) is 0 Å². The maximum absolute atomic E-state index is 12.3. The molecule has 3 rings (SSSR count). The lowest BCUT2D eigenvalue weighted by Gasteiger charge is -2.25. The van der Waals surface area contributed by atoms with Crippen LogP contribution >= 0.6 is 0 Å². The molecular weight excluding hydrogens is 362 g/mol. The van der Waals surface area contributed by atoms with Gasteiger partial charge in [-0.3, -0.25) is 0 Å². The van der Waals surface area contributed by atoms with Crippen molar-refractivity contribution in [2.75, 3.05) is 12.8 Å². The highest BCUT2D eigenvalue weighted by Gasteiger charge is 2.21. The van der Waals surface area contributed by atoms with Crippen LogP contribution in [0.25, 0.3) is 0 Å². The minimum atomic E-state index is -0.621. The smallest absolute Gasteiger partial charge is 0.343 e. The molecule has 0 unspecified atom stereocenters. The van der Waals surface area contributed by atoms with Crippen molar-refractivity contribution >= 4 is 17.3 Å². The summed E-state index contributed by atoms with van der Waals surface area (Å²) in [7, 11) is 1.50. The molecule has 6 N–H and O–H groups in total. The van der Waals surface area contributed by atoms with Crippen LogP contribution in [0, 0.1) is 4.91 Å². The summed E-state index contributed by atoms with van der Waals surface area (Å²) in [5.74, 6) is -0.644. The molecule has 150 valence electrons. The average molecular weight is 387 g/mol. The van der Waals surface area contributed by atoms with Gasteiger partial charge in [0, 0.05) is 0 Å². The quantitative estimate of drug-likeness (QED) is 0.272. The number of hydrogen-bond acceptors (Lipinski definition) is 8. The van der Waals surface area contributed by atoms with Crippen molar-refractivity contribution in [3.05, 3.63) is 52.4 Å². The fourth-order valence-corrected chi connectivity index (χ4v) is 3.22. The van der Waals surface area contributed by atoms with Gasteiger partial charge in [-0.05, 0) is 73.7 Å². The Kier molecular flexibility index (Phi) is 7.48. The fraction of sp³-hybridized carbons (Fsp3) is 0.350. The monoisotopic (exact) mass is 387 g/mol. The minimum absolute atomic E-state index is 0.0345. The number of ether oxygens (including phenoxy) is 1. The molecule has 0 aliphatic heterocycles. The lowest BCUT2D eigenvalue weighted by molar-refractivity contribution is 0.0735. The Bertz CT molecular complexity index is 815. The van der Waals surface area contributed by atoms with E-state index in [0.29, 0.717) is 11.5 Å². The Morgan fingerprint density at radius 3 is 2.25 bits per heavy atom. The maximum Gasteiger partial charge on any atom is 0.343 e. The molecule has 0 bridgehead atoms. The predicted octanol–water partition coefficient (Wildman–Crippen LogP) is 3.18. The average Bonchev–Trinajstić information content (AvgIpc) is 2.73. The van der Waals surface area contributed by atoms with Crippen molar-refractivity contribution < 1.29 is 19.7 Å². The lowest BCUT2D eigenvalue weighted by atomic mass is 9.82. The lowest BCUT2D eigenvalue weighted by Crippen LogP contribution is -2.17. The number of anilines is 1. The molecule has 8 heteroatoms. The van der Waals surface area contributed by atoms with E-state index >= 15 is 0 Å². The van der Waals surface area contributed by atoms with Crippen molar-refractivity contribution in [1.82, 2.24) is 0 Å². The second kappa shape index (κ2) is 9.82. The highest BCUT2D eigenvalue weighted by molar-refractivity contribution is 5.92. The molecule has 1 fully saturated rings. The predicted molar refractivity (Wildman–Crippen MR) is 107 cm³/mol. The van der Waals surface area contributed by atoms with E-state index in [-0.39, 0.29) is 29.0 Å². The molecule has 0 amide bonds. The number of phenols is 1. The second-order valence-corrected chi connectivity index (χ2v) is 6.45. The molecule has 1 aliphatic carbocycles. The van der Waals surface area contributed by atoms with E-state index in [9.17, 15) is 19.9 Å². The highest BCUT2D eigenvalue weighted by atomic mass is 16.5. The molecule has 0 aromatic heterocycles. The van der Waals surface area contributed by atoms with Crippen LogP contribution in [0.2, 0.25) is 0 Å². The Hall–Kier alpha value is -2.97. The summed E-state index contributed by atoms with van der Waals surface area (Å²) in [6.07, 6.45) is 3.23. The normalized spacial score (nSPS) is 18.5. The number of nitroso groups, excluding NO2 is 1. The zero-order chi connectivity index (χ0) is 20.7. The zero-order valence-corrected chi connectivity index (χ0v) is 15.7. The Morgan fingerprint density at radius 2 is 1.68 bits per heavy atom. The maximum atomic E-state index is 12.3. The SMILES string of the molecule is CN.Nc1c(OC(=O)c2ccc(C3CCC(O)CC3)cc2)ccc(O)c1N=O. The first-order chi connectivity index (χ1) is 13.5. The van der Waals surface area contributed by atoms with Crippen molar-refractivity contribution in [2.24, 2.45) is 10.9 Å². The van der Waals surface area contributed by atoms with Crippen molar-refractivity contribution in [3.8, 4) is 11.5 Å². The largest absolute Gasteiger partial charge is 0.505 e. The number of rotatable bonds is 4. The molecule has 28 heavy (non-hydrogen) atoms. The molecule has 0 radical (unpaired) electrons. The van der Waals surface area contributed by atoms with E-state index in [2.05, 4.69) is 10.9 Å². The summed E-state index contributed by atoms with van der Waals surface area (Å²) in [5, 5.41) is 21.7. The summed E-state index contributed by atoms with van der Waals surface area (Å²) in [4.78, 5) is 23.0. The van der Waals surface area contributed by atoms with Gasteiger partial charge in [-0.1, -0.05) is 12.1 Å². The van der Waals surface area contributed by atoms with Crippen LogP contribution in [0.1, 0.15) is 47.5 Å². The Balaban J connectivity index is 0.00000136. The highest BCUT2D eigenvalue weighted by Crippen LogP contribution is 2.39. The Labute approximate surface area is 163 Å². The number of nitrogen functional groups attached to an aromatic ring is 1. The Morgan fingerprint density at radius 1 is 1.07 bits per heavy atom. The minimum Gasteiger partial charge on any atom is -0.505 e. The van der Waals surface area contributed by atoms with E-state index in [0.717, 1.165) is 31.2 Å². The van der Waals surface area contributed by atoms with Crippen LogP contribution in [0.15, 0.2) is 41.6 Å². The van der Waals surface area contributed by atoms with Gasteiger partial charge in [-0.25, -0.2) is 4.79 Å². The molecule has 8 nitrogen and oxygen atoms in total. The molecule has 2 aromatic carbocycles. The standard InChI is InChI=1S/C19H20N2O5.CH5N/c20-17-16(10-9-15(23)18(17)21-25)26-19(24)13-3-1-11(2-4-13)12-5-7-14(22)8-6-12;1-2/h1-4,9-10,12,14,22-23H,5-8,20H2;2H2,1H3. The van der Waals surface area contributed by atoms with E-state index in [4.69, 9.17) is 10.5 Å². The topological polar surface area (TPSA) is 148 Å². The number of aliphatic hydroxyl groups is 1. The van der Waals surface area contributed by atoms with Gasteiger partial charge in [0.15, 0.2) is 11.4 Å². The molecule has 1 saturated carbocycles. The summed E-state index contributed by atoms with van der Waals surface area (Å²) in [6.45, 7) is 0.